The minimum absolute atomic E-state index is 0.259. The zero-order valence-corrected chi connectivity index (χ0v) is 12.3. The van der Waals surface area contributed by atoms with Crippen LogP contribution in [0, 0.1) is 0 Å². The maximum absolute atomic E-state index is 12.0. The highest BCUT2D eigenvalue weighted by atomic mass is 79.9. The molecule has 1 aliphatic carbocycles. The van der Waals surface area contributed by atoms with Crippen LogP contribution in [0.2, 0.25) is 5.02 Å². The van der Waals surface area contributed by atoms with Crippen molar-refractivity contribution in [2.75, 3.05) is 4.72 Å². The largest absolute Gasteiger partial charge is 0.283 e. The fourth-order valence-electron chi connectivity index (χ4n) is 2.01. The Kier molecular flexibility index (Phi) is 4.00. The van der Waals surface area contributed by atoms with Gasteiger partial charge in [0.1, 0.15) is 0 Å². The van der Waals surface area contributed by atoms with E-state index in [1.165, 1.54) is 0 Å². The summed E-state index contributed by atoms with van der Waals surface area (Å²) in [7, 11) is -3.27. The lowest BCUT2D eigenvalue weighted by molar-refractivity contribution is 0.585. The third kappa shape index (κ3) is 3.14. The van der Waals surface area contributed by atoms with Gasteiger partial charge in [0.15, 0.2) is 0 Å². The first-order chi connectivity index (χ1) is 7.99. The van der Waals surface area contributed by atoms with Crippen molar-refractivity contribution in [3.05, 3.63) is 27.7 Å². The number of hydrogen-bond acceptors (Lipinski definition) is 2. The first kappa shape index (κ1) is 13.2. The summed E-state index contributed by atoms with van der Waals surface area (Å²) in [6.07, 6.45) is 3.48. The maximum atomic E-state index is 12.0. The van der Waals surface area contributed by atoms with Crippen molar-refractivity contribution in [2.45, 2.75) is 30.9 Å². The number of hydrogen-bond donors (Lipinski definition) is 1. The standard InChI is InChI=1S/C11H13BrClNO2S/c12-10-6-5-8(7-11(10)13)14-17(15,16)9-3-1-2-4-9/h5-7,9,14H,1-4H2. The molecule has 0 bridgehead atoms. The van der Waals surface area contributed by atoms with Crippen LogP contribution in [-0.4, -0.2) is 13.7 Å². The van der Waals surface area contributed by atoms with Crippen LogP contribution in [0.3, 0.4) is 0 Å². The molecule has 1 N–H and O–H groups in total. The summed E-state index contributed by atoms with van der Waals surface area (Å²) in [4.78, 5) is 0. The van der Waals surface area contributed by atoms with Gasteiger partial charge in [-0.25, -0.2) is 8.42 Å². The van der Waals surface area contributed by atoms with Crippen LogP contribution in [-0.2, 0) is 10.0 Å². The summed E-state index contributed by atoms with van der Waals surface area (Å²) >= 11 is 9.19. The molecule has 3 nitrogen and oxygen atoms in total. The van der Waals surface area contributed by atoms with Gasteiger partial charge < -0.3 is 0 Å². The summed E-state index contributed by atoms with van der Waals surface area (Å²) in [5, 5.41) is 0.238. The molecule has 0 saturated heterocycles. The molecule has 6 heteroatoms. The third-order valence-corrected chi connectivity index (χ3v) is 6.02. The molecule has 0 aromatic heterocycles. The normalized spacial score (nSPS) is 17.3. The average Bonchev–Trinajstić information content (AvgIpc) is 2.77. The lowest BCUT2D eigenvalue weighted by Crippen LogP contribution is -2.25. The smallest absolute Gasteiger partial charge is 0.235 e. The van der Waals surface area contributed by atoms with Crippen molar-refractivity contribution in [1.29, 1.82) is 0 Å². The molecule has 0 aliphatic heterocycles. The van der Waals surface area contributed by atoms with Crippen LogP contribution in [0.4, 0.5) is 5.69 Å². The quantitative estimate of drug-likeness (QED) is 0.911. The highest BCUT2D eigenvalue weighted by Crippen LogP contribution is 2.29. The molecule has 1 aromatic rings. The second-order valence-corrected chi connectivity index (χ2v) is 7.40. The van der Waals surface area contributed by atoms with E-state index in [1.807, 2.05) is 0 Å². The Morgan fingerprint density at radius 1 is 1.29 bits per heavy atom. The van der Waals surface area contributed by atoms with E-state index in [4.69, 9.17) is 11.6 Å². The van der Waals surface area contributed by atoms with E-state index < -0.39 is 10.0 Å². The molecule has 0 heterocycles. The molecule has 0 amide bonds. The molecule has 0 unspecified atom stereocenters. The molecule has 1 aliphatic rings. The predicted molar refractivity (Wildman–Crippen MR) is 74.0 cm³/mol. The molecule has 0 radical (unpaired) electrons. The minimum Gasteiger partial charge on any atom is -0.283 e. The molecule has 0 atom stereocenters. The summed E-state index contributed by atoms with van der Waals surface area (Å²) in [6.45, 7) is 0. The Bertz CT molecular complexity index is 512. The summed E-state index contributed by atoms with van der Waals surface area (Å²) < 4.78 is 27.4. The van der Waals surface area contributed by atoms with Gasteiger partial charge in [0.25, 0.3) is 0 Å². The third-order valence-electron chi connectivity index (χ3n) is 2.92. The van der Waals surface area contributed by atoms with Gasteiger partial charge in [0, 0.05) is 4.47 Å². The molecule has 2 rings (SSSR count). The van der Waals surface area contributed by atoms with Crippen molar-refractivity contribution >= 4 is 43.2 Å². The van der Waals surface area contributed by atoms with Crippen LogP contribution in [0.5, 0.6) is 0 Å². The number of halogens is 2. The van der Waals surface area contributed by atoms with Gasteiger partial charge in [0.2, 0.25) is 10.0 Å². The van der Waals surface area contributed by atoms with Crippen molar-refractivity contribution in [3.8, 4) is 0 Å². The zero-order chi connectivity index (χ0) is 12.5. The molecule has 94 valence electrons. The Hall–Kier alpha value is -0.260. The molecular weight excluding hydrogens is 326 g/mol. The first-order valence-electron chi connectivity index (χ1n) is 5.46. The van der Waals surface area contributed by atoms with Crippen molar-refractivity contribution < 1.29 is 8.42 Å². The molecule has 1 saturated carbocycles. The zero-order valence-electron chi connectivity index (χ0n) is 9.12. The van der Waals surface area contributed by atoms with Crippen LogP contribution < -0.4 is 4.72 Å². The van der Waals surface area contributed by atoms with Crippen molar-refractivity contribution in [1.82, 2.24) is 0 Å². The fraction of sp³-hybridized carbons (Fsp3) is 0.455. The van der Waals surface area contributed by atoms with Gasteiger partial charge in [-0.3, -0.25) is 4.72 Å². The van der Waals surface area contributed by atoms with Gasteiger partial charge in [-0.05, 0) is 47.0 Å². The van der Waals surface area contributed by atoms with Crippen LogP contribution in [0.15, 0.2) is 22.7 Å². The second-order valence-electron chi connectivity index (χ2n) is 4.18. The van der Waals surface area contributed by atoms with Gasteiger partial charge in [-0.15, -0.1) is 0 Å². The monoisotopic (exact) mass is 337 g/mol. The fourth-order valence-corrected chi connectivity index (χ4v) is 4.01. The maximum Gasteiger partial charge on any atom is 0.235 e. The van der Waals surface area contributed by atoms with Gasteiger partial charge in [-0.1, -0.05) is 24.4 Å². The van der Waals surface area contributed by atoms with Gasteiger partial charge in [-0.2, -0.15) is 0 Å². The molecule has 0 spiro atoms. The highest BCUT2D eigenvalue weighted by molar-refractivity contribution is 9.10. The van der Waals surface area contributed by atoms with E-state index in [2.05, 4.69) is 20.7 Å². The van der Waals surface area contributed by atoms with Crippen molar-refractivity contribution in [2.24, 2.45) is 0 Å². The summed E-state index contributed by atoms with van der Waals surface area (Å²) in [5.41, 5.74) is 0.519. The average molecular weight is 339 g/mol. The minimum atomic E-state index is -3.27. The topological polar surface area (TPSA) is 46.2 Å². The Morgan fingerprint density at radius 2 is 1.94 bits per heavy atom. The molecular formula is C11H13BrClNO2S. The number of nitrogens with one attached hydrogen (secondary N) is 1. The Morgan fingerprint density at radius 3 is 2.53 bits per heavy atom. The Labute approximate surface area is 115 Å². The summed E-state index contributed by atoms with van der Waals surface area (Å²) in [6, 6.07) is 5.04. The first-order valence-corrected chi connectivity index (χ1v) is 8.17. The lowest BCUT2D eigenvalue weighted by atomic mass is 10.3. The van der Waals surface area contributed by atoms with Crippen molar-refractivity contribution in [3.63, 3.8) is 0 Å². The SMILES string of the molecule is O=S(=O)(Nc1ccc(Br)c(Cl)c1)C1CCCC1. The van der Waals surface area contributed by atoms with Crippen LogP contribution in [0.25, 0.3) is 0 Å². The molecule has 1 aromatic carbocycles. The van der Waals surface area contributed by atoms with E-state index in [1.54, 1.807) is 18.2 Å². The number of anilines is 1. The lowest BCUT2D eigenvalue weighted by Gasteiger charge is -2.13. The van der Waals surface area contributed by atoms with E-state index >= 15 is 0 Å². The predicted octanol–water partition coefficient (Wildman–Crippen LogP) is 3.79. The number of benzene rings is 1. The van der Waals surface area contributed by atoms with Crippen LogP contribution in [0.1, 0.15) is 25.7 Å². The van der Waals surface area contributed by atoms with Gasteiger partial charge in [0.05, 0.1) is 16.0 Å². The van der Waals surface area contributed by atoms with E-state index in [0.29, 0.717) is 10.7 Å². The second kappa shape index (κ2) is 5.16. The molecule has 1 fully saturated rings. The summed E-state index contributed by atoms with van der Waals surface area (Å²) in [5.74, 6) is 0. The number of rotatable bonds is 3. The molecule has 17 heavy (non-hydrogen) atoms. The highest BCUT2D eigenvalue weighted by Gasteiger charge is 2.28. The Balaban J connectivity index is 2.17. The van der Waals surface area contributed by atoms with E-state index in [9.17, 15) is 8.42 Å². The number of sulfonamides is 1. The van der Waals surface area contributed by atoms with E-state index in [0.717, 1.165) is 30.2 Å². The van der Waals surface area contributed by atoms with Crippen LogP contribution >= 0.6 is 27.5 Å². The van der Waals surface area contributed by atoms with E-state index in [-0.39, 0.29) is 5.25 Å². The van der Waals surface area contributed by atoms with Gasteiger partial charge >= 0.3 is 0 Å².